The van der Waals surface area contributed by atoms with Crippen molar-refractivity contribution in [3.05, 3.63) is 59.9 Å². The van der Waals surface area contributed by atoms with Gasteiger partial charge >= 0.3 is 5.97 Å². The summed E-state index contributed by atoms with van der Waals surface area (Å²) >= 11 is 0. The van der Waals surface area contributed by atoms with E-state index < -0.39 is 12.0 Å². The molecule has 0 saturated carbocycles. The summed E-state index contributed by atoms with van der Waals surface area (Å²) in [5, 5.41) is 11.9. The third-order valence-corrected chi connectivity index (χ3v) is 4.67. The fraction of sp³-hybridized carbons (Fsp3) is 0.300. The highest BCUT2D eigenvalue weighted by Crippen LogP contribution is 2.25. The van der Waals surface area contributed by atoms with E-state index in [1.54, 1.807) is 49.7 Å². The molecule has 1 aromatic carbocycles. The molecule has 1 aliphatic heterocycles. The van der Waals surface area contributed by atoms with Gasteiger partial charge in [0.15, 0.2) is 0 Å². The third-order valence-electron chi connectivity index (χ3n) is 4.67. The molecule has 1 fully saturated rings. The van der Waals surface area contributed by atoms with Gasteiger partial charge in [0, 0.05) is 43.3 Å². The van der Waals surface area contributed by atoms with Crippen LogP contribution in [0.2, 0.25) is 0 Å². The molecular formula is C20H21N3O5. The maximum absolute atomic E-state index is 13.0. The maximum Gasteiger partial charge on any atom is 0.305 e. The zero-order valence-electron chi connectivity index (χ0n) is 15.4. The molecule has 2 atom stereocenters. The number of carboxylic acids is 1. The van der Waals surface area contributed by atoms with Gasteiger partial charge in [0.1, 0.15) is 0 Å². The van der Waals surface area contributed by atoms with Crippen molar-refractivity contribution in [2.75, 3.05) is 19.0 Å². The van der Waals surface area contributed by atoms with E-state index in [2.05, 4.69) is 10.3 Å². The first-order chi connectivity index (χ1) is 13.5. The van der Waals surface area contributed by atoms with E-state index in [-0.39, 0.29) is 24.3 Å². The number of rotatable bonds is 6. The third kappa shape index (κ3) is 4.52. The van der Waals surface area contributed by atoms with Gasteiger partial charge in [-0.05, 0) is 36.8 Å². The van der Waals surface area contributed by atoms with E-state index in [0.717, 1.165) is 0 Å². The molecule has 2 N–H and O–H groups in total. The van der Waals surface area contributed by atoms with E-state index in [1.165, 1.54) is 11.1 Å². The number of amides is 2. The number of benzene rings is 1. The number of aliphatic carboxylic acids is 1. The quantitative estimate of drug-likeness (QED) is 0.790. The van der Waals surface area contributed by atoms with Crippen LogP contribution >= 0.6 is 0 Å². The first-order valence-corrected chi connectivity index (χ1v) is 8.85. The van der Waals surface area contributed by atoms with Crippen LogP contribution in [0.25, 0.3) is 0 Å². The lowest BCUT2D eigenvalue weighted by Crippen LogP contribution is -2.37. The molecule has 0 aliphatic carbocycles. The predicted octanol–water partition coefficient (Wildman–Crippen LogP) is 2.04. The Balaban J connectivity index is 1.76. The number of carboxylic acid groups (broad SMARTS) is 1. The van der Waals surface area contributed by atoms with E-state index in [9.17, 15) is 14.4 Å². The van der Waals surface area contributed by atoms with Gasteiger partial charge in [-0.15, -0.1) is 0 Å². The summed E-state index contributed by atoms with van der Waals surface area (Å²) in [5.74, 6) is -1.58. The number of anilines is 1. The molecule has 0 spiro atoms. The van der Waals surface area contributed by atoms with E-state index in [4.69, 9.17) is 9.84 Å². The average molecular weight is 383 g/mol. The summed E-state index contributed by atoms with van der Waals surface area (Å²) in [7, 11) is 1.55. The molecule has 3 rings (SSSR count). The molecule has 8 heteroatoms. The number of likely N-dealkylation sites (tertiary alicyclic amines) is 1. The highest BCUT2D eigenvalue weighted by Gasteiger charge is 2.36. The highest BCUT2D eigenvalue weighted by atomic mass is 16.5. The monoisotopic (exact) mass is 383 g/mol. The highest BCUT2D eigenvalue weighted by molar-refractivity contribution is 6.05. The Labute approximate surface area is 162 Å². The Hall–Kier alpha value is -3.26. The average Bonchev–Trinajstić information content (AvgIpc) is 3.10. The van der Waals surface area contributed by atoms with Crippen LogP contribution in [0.4, 0.5) is 5.69 Å². The summed E-state index contributed by atoms with van der Waals surface area (Å²) < 4.78 is 5.31. The number of hydrogen-bond donors (Lipinski definition) is 2. The molecule has 0 bridgehead atoms. The minimum Gasteiger partial charge on any atom is -0.481 e. The Morgan fingerprint density at radius 3 is 2.71 bits per heavy atom. The van der Waals surface area contributed by atoms with Gasteiger partial charge < -0.3 is 20.1 Å². The second-order valence-electron chi connectivity index (χ2n) is 6.58. The smallest absolute Gasteiger partial charge is 0.305 e. The van der Waals surface area contributed by atoms with Gasteiger partial charge in [-0.3, -0.25) is 19.4 Å². The van der Waals surface area contributed by atoms with Crippen LogP contribution in [0, 0.1) is 0 Å². The molecule has 2 aromatic rings. The molecule has 2 unspecified atom stereocenters. The van der Waals surface area contributed by atoms with E-state index in [0.29, 0.717) is 29.8 Å². The molecule has 2 heterocycles. The van der Waals surface area contributed by atoms with Crippen molar-refractivity contribution in [1.29, 1.82) is 0 Å². The lowest BCUT2D eigenvalue weighted by Gasteiger charge is -2.23. The summed E-state index contributed by atoms with van der Waals surface area (Å²) in [6.07, 6.45) is 3.18. The van der Waals surface area contributed by atoms with Gasteiger partial charge in [-0.1, -0.05) is 6.07 Å². The van der Waals surface area contributed by atoms with Gasteiger partial charge in [0.2, 0.25) is 0 Å². The van der Waals surface area contributed by atoms with Crippen LogP contribution in [0.3, 0.4) is 0 Å². The van der Waals surface area contributed by atoms with Crippen molar-refractivity contribution in [2.24, 2.45) is 0 Å². The number of nitrogens with zero attached hydrogens (tertiary/aromatic N) is 2. The number of carbonyl (C=O) groups excluding carboxylic acids is 2. The second kappa shape index (κ2) is 8.62. The van der Waals surface area contributed by atoms with Crippen molar-refractivity contribution < 1.29 is 24.2 Å². The number of aromatic nitrogens is 1. The minimum atomic E-state index is -0.961. The number of pyridine rings is 1. The van der Waals surface area contributed by atoms with Crippen LogP contribution in [-0.2, 0) is 9.53 Å². The van der Waals surface area contributed by atoms with Crippen LogP contribution in [0.5, 0.6) is 0 Å². The summed E-state index contributed by atoms with van der Waals surface area (Å²) in [5.41, 5.74) is 1.25. The van der Waals surface area contributed by atoms with Crippen molar-refractivity contribution in [1.82, 2.24) is 9.88 Å². The standard InChI is InChI=1S/C20H21N3O5/c1-28-17-9-16(10-18(24)25)23(12-17)20(27)13-4-2-6-15(8-13)22-19(26)14-5-3-7-21-11-14/h2-8,11,16-17H,9-10,12H2,1H3,(H,22,26)(H,24,25). The van der Waals surface area contributed by atoms with Crippen LogP contribution in [0.15, 0.2) is 48.8 Å². The summed E-state index contributed by atoms with van der Waals surface area (Å²) in [4.78, 5) is 41.8. The number of nitrogens with one attached hydrogen (secondary N) is 1. The van der Waals surface area contributed by atoms with Crippen LogP contribution in [-0.4, -0.2) is 58.6 Å². The largest absolute Gasteiger partial charge is 0.481 e. The molecule has 1 aromatic heterocycles. The SMILES string of the molecule is COC1CC(CC(=O)O)N(C(=O)c2cccc(NC(=O)c3cccnc3)c2)C1. The van der Waals surface area contributed by atoms with Crippen molar-refractivity contribution >= 4 is 23.5 Å². The first kappa shape index (κ1) is 19.5. The predicted molar refractivity (Wildman–Crippen MR) is 101 cm³/mol. The molecule has 1 aliphatic rings. The fourth-order valence-electron chi connectivity index (χ4n) is 3.28. The second-order valence-corrected chi connectivity index (χ2v) is 6.58. The van der Waals surface area contributed by atoms with Crippen molar-refractivity contribution in [3.63, 3.8) is 0 Å². The number of carbonyl (C=O) groups is 3. The van der Waals surface area contributed by atoms with Gasteiger partial charge in [0.05, 0.1) is 18.1 Å². The first-order valence-electron chi connectivity index (χ1n) is 8.85. The van der Waals surface area contributed by atoms with Gasteiger partial charge in [0.25, 0.3) is 11.8 Å². The molecule has 28 heavy (non-hydrogen) atoms. The molecule has 0 radical (unpaired) electrons. The molecule has 8 nitrogen and oxygen atoms in total. The Morgan fingerprint density at radius 1 is 1.25 bits per heavy atom. The van der Waals surface area contributed by atoms with Crippen LogP contribution < -0.4 is 5.32 Å². The van der Waals surface area contributed by atoms with Gasteiger partial charge in [-0.2, -0.15) is 0 Å². The topological polar surface area (TPSA) is 109 Å². The van der Waals surface area contributed by atoms with Gasteiger partial charge in [-0.25, -0.2) is 0 Å². The minimum absolute atomic E-state index is 0.136. The molecule has 146 valence electrons. The summed E-state index contributed by atoms with van der Waals surface area (Å²) in [6.45, 7) is 0.333. The lowest BCUT2D eigenvalue weighted by molar-refractivity contribution is -0.138. The number of methoxy groups -OCH3 is 1. The molecule has 1 saturated heterocycles. The number of ether oxygens (including phenoxy) is 1. The van der Waals surface area contributed by atoms with Crippen LogP contribution in [0.1, 0.15) is 33.6 Å². The zero-order chi connectivity index (χ0) is 20.1. The Kier molecular flexibility index (Phi) is 6.00. The summed E-state index contributed by atoms with van der Waals surface area (Å²) in [6, 6.07) is 9.45. The zero-order valence-corrected chi connectivity index (χ0v) is 15.4. The fourth-order valence-corrected chi connectivity index (χ4v) is 3.28. The molecule has 2 amide bonds. The van der Waals surface area contributed by atoms with Crippen molar-refractivity contribution in [2.45, 2.75) is 25.0 Å². The normalized spacial score (nSPS) is 18.7. The Morgan fingerprint density at radius 2 is 2.04 bits per heavy atom. The number of hydrogen-bond acceptors (Lipinski definition) is 5. The Bertz CT molecular complexity index is 871. The maximum atomic E-state index is 13.0. The van der Waals surface area contributed by atoms with Crippen molar-refractivity contribution in [3.8, 4) is 0 Å². The van der Waals surface area contributed by atoms with E-state index >= 15 is 0 Å². The molecular weight excluding hydrogens is 362 g/mol. The lowest BCUT2D eigenvalue weighted by atomic mass is 10.1. The van der Waals surface area contributed by atoms with E-state index in [1.807, 2.05) is 0 Å².